The predicted molar refractivity (Wildman–Crippen MR) is 119 cm³/mol. The largest absolute Gasteiger partial charge is 0.441 e. The van der Waals surface area contributed by atoms with Crippen LogP contribution in [-0.4, -0.2) is 39.7 Å². The lowest BCUT2D eigenvalue weighted by Gasteiger charge is -2.35. The van der Waals surface area contributed by atoms with E-state index in [1.54, 1.807) is 41.7 Å². The molecule has 0 atom stereocenters. The number of aromatic nitrogens is 3. The van der Waals surface area contributed by atoms with Gasteiger partial charge in [-0.3, -0.25) is 4.90 Å². The van der Waals surface area contributed by atoms with Gasteiger partial charge in [-0.05, 0) is 49.8 Å². The number of nitrogens with one attached hydrogen (secondary N) is 1. The summed E-state index contributed by atoms with van der Waals surface area (Å²) in [6.07, 6.45) is 8.17. The monoisotopic (exact) mass is 433 g/mol. The maximum atomic E-state index is 13.9. The molecular formula is C24H24FN5O2. The Morgan fingerprint density at radius 2 is 1.81 bits per heavy atom. The molecule has 1 N–H and O–H groups in total. The molecule has 1 saturated carbocycles. The highest BCUT2D eigenvalue weighted by molar-refractivity contribution is 5.89. The molecule has 1 spiro atoms. The van der Waals surface area contributed by atoms with Crippen molar-refractivity contribution >= 4 is 17.9 Å². The molecule has 5 rings (SSSR count). The van der Waals surface area contributed by atoms with Gasteiger partial charge in [0.25, 0.3) is 0 Å². The number of hydrogen-bond acceptors (Lipinski definition) is 6. The molecule has 2 aliphatic rings. The van der Waals surface area contributed by atoms with Crippen molar-refractivity contribution in [3.8, 4) is 11.1 Å². The minimum atomic E-state index is -0.428. The predicted octanol–water partition coefficient (Wildman–Crippen LogP) is 4.68. The molecule has 32 heavy (non-hydrogen) atoms. The summed E-state index contributed by atoms with van der Waals surface area (Å²) < 4.78 is 19.7. The molecule has 3 heterocycles. The van der Waals surface area contributed by atoms with Crippen LogP contribution in [0.5, 0.6) is 0 Å². The summed E-state index contributed by atoms with van der Waals surface area (Å²) in [6, 6.07) is 12.1. The van der Waals surface area contributed by atoms with E-state index in [1.165, 1.54) is 6.07 Å². The number of ether oxygens (including phenoxy) is 1. The van der Waals surface area contributed by atoms with Crippen molar-refractivity contribution < 1.29 is 13.9 Å². The van der Waals surface area contributed by atoms with Crippen molar-refractivity contribution in [2.45, 2.75) is 31.3 Å². The number of carbonyl (C=O) groups excluding carboxylic acids is 1. The smallest absolute Gasteiger partial charge is 0.416 e. The lowest BCUT2D eigenvalue weighted by molar-refractivity contribution is 0.0148. The van der Waals surface area contributed by atoms with E-state index in [-0.39, 0.29) is 11.9 Å². The first kappa shape index (κ1) is 20.4. The van der Waals surface area contributed by atoms with Gasteiger partial charge < -0.3 is 10.1 Å². The Morgan fingerprint density at radius 1 is 1.06 bits per heavy atom. The summed E-state index contributed by atoms with van der Waals surface area (Å²) in [4.78, 5) is 27.0. The normalized spacial score (nSPS) is 22.7. The molecule has 1 aliphatic heterocycles. The summed E-state index contributed by atoms with van der Waals surface area (Å²) in [5.74, 6) is 1.31. The molecule has 2 fully saturated rings. The van der Waals surface area contributed by atoms with Crippen LogP contribution in [0, 0.1) is 11.7 Å². The molecule has 7 nitrogen and oxygen atoms in total. The van der Waals surface area contributed by atoms with Gasteiger partial charge in [-0.25, -0.2) is 24.1 Å². The van der Waals surface area contributed by atoms with E-state index in [9.17, 15) is 9.18 Å². The molecule has 0 bridgehead atoms. The lowest BCUT2D eigenvalue weighted by Crippen LogP contribution is -2.39. The second-order valence-corrected chi connectivity index (χ2v) is 8.42. The fourth-order valence-electron chi connectivity index (χ4n) is 4.47. The van der Waals surface area contributed by atoms with Gasteiger partial charge in [0.2, 0.25) is 5.95 Å². The van der Waals surface area contributed by atoms with Gasteiger partial charge in [0, 0.05) is 36.3 Å². The minimum Gasteiger partial charge on any atom is -0.441 e. The first-order valence-corrected chi connectivity index (χ1v) is 10.8. The number of hydrogen-bond donors (Lipinski definition) is 1. The third kappa shape index (κ3) is 4.12. The fraction of sp³-hybridized carbons (Fsp3) is 0.333. The van der Waals surface area contributed by atoms with Crippen LogP contribution >= 0.6 is 0 Å². The fourth-order valence-corrected chi connectivity index (χ4v) is 4.47. The molecular weight excluding hydrogens is 409 g/mol. The third-order valence-corrected chi connectivity index (χ3v) is 6.30. The van der Waals surface area contributed by atoms with Crippen molar-refractivity contribution in [2.75, 3.05) is 23.3 Å². The summed E-state index contributed by atoms with van der Waals surface area (Å²) in [5, 5.41) is 3.29. The molecule has 1 saturated heterocycles. The van der Waals surface area contributed by atoms with Crippen molar-refractivity contribution in [3.05, 3.63) is 66.9 Å². The van der Waals surface area contributed by atoms with Crippen molar-refractivity contribution in [1.82, 2.24) is 15.0 Å². The lowest BCUT2D eigenvalue weighted by atomic mass is 9.78. The van der Waals surface area contributed by atoms with E-state index in [0.29, 0.717) is 35.4 Å². The van der Waals surface area contributed by atoms with Crippen LogP contribution in [0.2, 0.25) is 0 Å². The Labute approximate surface area is 185 Å². The molecule has 3 aromatic rings. The topological polar surface area (TPSA) is 80.2 Å². The number of rotatable bonds is 5. The highest BCUT2D eigenvalue weighted by Crippen LogP contribution is 2.40. The number of nitrogens with zero attached hydrogens (tertiary/aromatic N) is 4. The van der Waals surface area contributed by atoms with Gasteiger partial charge >= 0.3 is 6.09 Å². The van der Waals surface area contributed by atoms with Crippen LogP contribution in [0.15, 0.2) is 61.1 Å². The maximum Gasteiger partial charge on any atom is 0.416 e. The minimum absolute atomic E-state index is 0.290. The zero-order chi connectivity index (χ0) is 22.0. The van der Waals surface area contributed by atoms with Crippen LogP contribution in [0.3, 0.4) is 0 Å². The van der Waals surface area contributed by atoms with Crippen molar-refractivity contribution in [1.29, 1.82) is 0 Å². The first-order chi connectivity index (χ1) is 15.6. The van der Waals surface area contributed by atoms with Gasteiger partial charge in [0.1, 0.15) is 17.2 Å². The number of anilines is 2. The summed E-state index contributed by atoms with van der Waals surface area (Å²) in [6.45, 7) is 1.29. The molecule has 0 unspecified atom stereocenters. The Bertz CT molecular complexity index is 1090. The number of carbonyl (C=O) groups is 1. The van der Waals surface area contributed by atoms with Gasteiger partial charge in [0.05, 0.1) is 6.54 Å². The third-order valence-electron chi connectivity index (χ3n) is 6.30. The Morgan fingerprint density at radius 3 is 2.53 bits per heavy atom. The van der Waals surface area contributed by atoms with E-state index in [0.717, 1.165) is 32.2 Å². The van der Waals surface area contributed by atoms with E-state index in [1.807, 2.05) is 18.2 Å². The van der Waals surface area contributed by atoms with E-state index in [2.05, 4.69) is 20.3 Å². The zero-order valence-electron chi connectivity index (χ0n) is 17.6. The second kappa shape index (κ2) is 8.53. The van der Waals surface area contributed by atoms with Crippen LogP contribution < -0.4 is 10.2 Å². The summed E-state index contributed by atoms with van der Waals surface area (Å²) >= 11 is 0. The number of benzene rings is 1. The summed E-state index contributed by atoms with van der Waals surface area (Å²) in [7, 11) is 0. The molecule has 164 valence electrons. The van der Waals surface area contributed by atoms with Crippen LogP contribution in [0.4, 0.5) is 21.0 Å². The Balaban J connectivity index is 1.14. The second-order valence-electron chi connectivity index (χ2n) is 8.42. The van der Waals surface area contributed by atoms with Gasteiger partial charge in [-0.1, -0.05) is 24.3 Å². The highest BCUT2D eigenvalue weighted by atomic mass is 19.1. The van der Waals surface area contributed by atoms with Crippen LogP contribution in [0.1, 0.15) is 25.7 Å². The van der Waals surface area contributed by atoms with Gasteiger partial charge in [-0.2, -0.15) is 0 Å². The molecule has 2 aromatic heterocycles. The quantitative estimate of drug-likeness (QED) is 0.630. The van der Waals surface area contributed by atoms with E-state index >= 15 is 0 Å². The average Bonchev–Trinajstić information content (AvgIpc) is 3.16. The Kier molecular flexibility index (Phi) is 5.43. The Hall–Kier alpha value is -3.55. The zero-order valence-corrected chi connectivity index (χ0v) is 17.6. The number of halogens is 1. The standard InChI is InChI=1S/C24H24FN5O2/c25-20-6-2-1-5-19(20)18-14-28-22(29-15-18)27-13-17-8-10-24(11-9-17)16-30(23(31)32-24)21-7-3-4-12-26-21/h1-7,12,14-15,17H,8-11,13,16H2,(H,27,28,29). The van der Waals surface area contributed by atoms with E-state index < -0.39 is 5.60 Å². The highest BCUT2D eigenvalue weighted by Gasteiger charge is 2.47. The molecule has 1 amide bonds. The molecule has 1 aliphatic carbocycles. The average molecular weight is 433 g/mol. The maximum absolute atomic E-state index is 13.9. The first-order valence-electron chi connectivity index (χ1n) is 10.8. The van der Waals surface area contributed by atoms with Gasteiger partial charge in [0.15, 0.2) is 0 Å². The SMILES string of the molecule is O=C1OC2(CCC(CNc3ncc(-c4ccccc4F)cn3)CC2)CN1c1ccccn1. The molecule has 0 radical (unpaired) electrons. The molecule has 8 heteroatoms. The van der Waals surface area contributed by atoms with Crippen molar-refractivity contribution in [2.24, 2.45) is 5.92 Å². The van der Waals surface area contributed by atoms with Crippen molar-refractivity contribution in [3.63, 3.8) is 0 Å². The van der Waals surface area contributed by atoms with E-state index in [4.69, 9.17) is 4.74 Å². The van der Waals surface area contributed by atoms with Crippen LogP contribution in [-0.2, 0) is 4.74 Å². The van der Waals surface area contributed by atoms with Gasteiger partial charge in [-0.15, -0.1) is 0 Å². The number of pyridine rings is 1. The molecule has 1 aromatic carbocycles. The van der Waals surface area contributed by atoms with Crippen LogP contribution in [0.25, 0.3) is 11.1 Å². The number of amides is 1. The summed E-state index contributed by atoms with van der Waals surface area (Å²) in [5.41, 5.74) is 0.708.